The molecule has 23 heavy (non-hydrogen) atoms. The van der Waals surface area contributed by atoms with Crippen molar-refractivity contribution in [3.05, 3.63) is 89.0 Å². The fraction of sp³-hybridized carbons (Fsp3) is 0. The van der Waals surface area contributed by atoms with Crippen LogP contribution in [0, 0.1) is 22.7 Å². The number of allylic oxidation sites excluding steroid dienone is 3. The number of aliphatic hydroxyl groups is 1. The van der Waals surface area contributed by atoms with E-state index in [0.29, 0.717) is 11.1 Å². The molecule has 0 unspecified atom stereocenters. The average molecular weight is 300 g/mol. The Kier molecular flexibility index (Phi) is 5.07. The zero-order valence-corrected chi connectivity index (χ0v) is 12.1. The second-order valence-electron chi connectivity index (χ2n) is 4.61. The maximum Gasteiger partial charge on any atom is 0.203 e. The van der Waals surface area contributed by atoms with E-state index >= 15 is 0 Å². The molecular formula is C19H12N2O2. The van der Waals surface area contributed by atoms with Gasteiger partial charge in [-0.3, -0.25) is 4.79 Å². The molecule has 0 aliphatic carbocycles. The molecule has 0 heterocycles. The van der Waals surface area contributed by atoms with E-state index in [9.17, 15) is 20.4 Å². The number of aliphatic hydroxyl groups excluding tert-OH is 1. The van der Waals surface area contributed by atoms with E-state index < -0.39 is 5.78 Å². The van der Waals surface area contributed by atoms with Crippen LogP contribution in [0.5, 0.6) is 0 Å². The maximum absolute atomic E-state index is 12.3. The SMILES string of the molecule is N#CC(/C=C(\C#N)C(=O)c1ccccc1)=C(\O)c1ccccc1. The molecule has 0 fully saturated rings. The van der Waals surface area contributed by atoms with Gasteiger partial charge in [0.25, 0.3) is 0 Å². The number of nitrogens with zero attached hydrogens (tertiary/aromatic N) is 2. The molecule has 0 spiro atoms. The van der Waals surface area contributed by atoms with Gasteiger partial charge in [-0.2, -0.15) is 10.5 Å². The zero-order chi connectivity index (χ0) is 16.7. The highest BCUT2D eigenvalue weighted by Gasteiger charge is 2.14. The van der Waals surface area contributed by atoms with Gasteiger partial charge in [0.05, 0.1) is 5.57 Å². The van der Waals surface area contributed by atoms with Crippen LogP contribution in [0.3, 0.4) is 0 Å². The molecule has 0 bridgehead atoms. The number of benzene rings is 2. The molecule has 0 aliphatic rings. The summed E-state index contributed by atoms with van der Waals surface area (Å²) in [6.45, 7) is 0. The predicted octanol–water partition coefficient (Wildman–Crippen LogP) is 3.81. The van der Waals surface area contributed by atoms with Crippen LogP contribution < -0.4 is 0 Å². The van der Waals surface area contributed by atoms with E-state index in [1.165, 1.54) is 0 Å². The molecule has 2 aromatic rings. The third-order valence-electron chi connectivity index (χ3n) is 3.11. The lowest BCUT2D eigenvalue weighted by Crippen LogP contribution is -2.02. The molecule has 110 valence electrons. The van der Waals surface area contributed by atoms with Crippen LogP contribution in [-0.4, -0.2) is 10.9 Å². The molecule has 4 heteroatoms. The lowest BCUT2D eigenvalue weighted by Gasteiger charge is -2.02. The summed E-state index contributed by atoms with van der Waals surface area (Å²) in [6, 6.07) is 20.4. The largest absolute Gasteiger partial charge is 0.506 e. The molecule has 0 aromatic heterocycles. The van der Waals surface area contributed by atoms with E-state index in [1.807, 2.05) is 6.07 Å². The Bertz CT molecular complexity index is 852. The van der Waals surface area contributed by atoms with E-state index in [-0.39, 0.29) is 16.9 Å². The number of hydrogen-bond donors (Lipinski definition) is 1. The molecule has 0 saturated carbocycles. The number of rotatable bonds is 4. The minimum absolute atomic E-state index is 0.142. The van der Waals surface area contributed by atoms with Gasteiger partial charge < -0.3 is 5.11 Å². The van der Waals surface area contributed by atoms with Crippen molar-refractivity contribution in [3.63, 3.8) is 0 Å². The third kappa shape index (κ3) is 3.72. The Morgan fingerprint density at radius 2 is 1.39 bits per heavy atom. The summed E-state index contributed by atoms with van der Waals surface area (Å²) in [5.41, 5.74) is 0.425. The molecule has 0 aliphatic heterocycles. The summed E-state index contributed by atoms with van der Waals surface area (Å²) in [7, 11) is 0. The summed E-state index contributed by atoms with van der Waals surface area (Å²) in [5, 5.41) is 28.6. The predicted molar refractivity (Wildman–Crippen MR) is 86.1 cm³/mol. The maximum atomic E-state index is 12.3. The summed E-state index contributed by atoms with van der Waals surface area (Å²) in [6.07, 6.45) is 1.11. The fourth-order valence-electron chi connectivity index (χ4n) is 1.94. The Morgan fingerprint density at radius 3 is 1.87 bits per heavy atom. The number of ketones is 1. The van der Waals surface area contributed by atoms with Crippen LogP contribution in [0.2, 0.25) is 0 Å². The molecule has 0 saturated heterocycles. The Morgan fingerprint density at radius 1 is 0.870 bits per heavy atom. The number of carbonyl (C=O) groups excluding carboxylic acids is 1. The Hall–Kier alpha value is -3.63. The van der Waals surface area contributed by atoms with Crippen LogP contribution >= 0.6 is 0 Å². The van der Waals surface area contributed by atoms with Gasteiger partial charge in [-0.1, -0.05) is 60.7 Å². The second-order valence-corrected chi connectivity index (χ2v) is 4.61. The van der Waals surface area contributed by atoms with Crippen molar-refractivity contribution in [2.75, 3.05) is 0 Å². The third-order valence-corrected chi connectivity index (χ3v) is 3.11. The molecule has 2 rings (SSSR count). The minimum Gasteiger partial charge on any atom is -0.506 e. The van der Waals surface area contributed by atoms with Crippen molar-refractivity contribution >= 4 is 11.5 Å². The highest BCUT2D eigenvalue weighted by Crippen LogP contribution is 2.18. The van der Waals surface area contributed by atoms with Gasteiger partial charge in [-0.15, -0.1) is 0 Å². The topological polar surface area (TPSA) is 84.9 Å². The summed E-state index contributed by atoms with van der Waals surface area (Å²) >= 11 is 0. The number of Topliss-reactive ketones (excluding diaryl/α,β-unsaturated/α-hetero) is 1. The van der Waals surface area contributed by atoms with Gasteiger partial charge >= 0.3 is 0 Å². The average Bonchev–Trinajstić information content (AvgIpc) is 2.63. The van der Waals surface area contributed by atoms with Gasteiger partial charge in [0.2, 0.25) is 5.78 Å². The van der Waals surface area contributed by atoms with Gasteiger partial charge in [-0.25, -0.2) is 0 Å². The smallest absolute Gasteiger partial charge is 0.203 e. The summed E-state index contributed by atoms with van der Waals surface area (Å²) in [5.74, 6) is -0.775. The van der Waals surface area contributed by atoms with Crippen molar-refractivity contribution in [1.29, 1.82) is 10.5 Å². The van der Waals surface area contributed by atoms with Gasteiger partial charge in [0.1, 0.15) is 23.5 Å². The fourth-order valence-corrected chi connectivity index (χ4v) is 1.94. The molecule has 2 aromatic carbocycles. The van der Waals surface area contributed by atoms with E-state index in [0.717, 1.165) is 6.08 Å². The lowest BCUT2D eigenvalue weighted by atomic mass is 10.0. The highest BCUT2D eigenvalue weighted by atomic mass is 16.3. The molecule has 0 atom stereocenters. The quantitative estimate of drug-likeness (QED) is 0.306. The standard InChI is InChI=1S/C19H12N2O2/c20-12-16(18(22)14-7-3-1-4-8-14)11-17(13-21)19(23)15-9-5-2-6-10-15/h1-11,22H/b17-11+,18-16-. The molecular weight excluding hydrogens is 288 g/mol. The first-order valence-electron chi connectivity index (χ1n) is 6.77. The molecule has 0 radical (unpaired) electrons. The van der Waals surface area contributed by atoms with Gasteiger partial charge in [0.15, 0.2) is 0 Å². The highest BCUT2D eigenvalue weighted by molar-refractivity contribution is 6.11. The number of carbonyl (C=O) groups is 1. The normalized spacial score (nSPS) is 11.8. The van der Waals surface area contributed by atoms with Crippen molar-refractivity contribution in [2.24, 2.45) is 0 Å². The van der Waals surface area contributed by atoms with Crippen LogP contribution in [0.4, 0.5) is 0 Å². The first-order chi connectivity index (χ1) is 11.2. The van der Waals surface area contributed by atoms with Crippen molar-refractivity contribution < 1.29 is 9.90 Å². The van der Waals surface area contributed by atoms with E-state index in [4.69, 9.17) is 0 Å². The number of nitriles is 2. The van der Waals surface area contributed by atoms with Crippen LogP contribution in [0.15, 0.2) is 77.9 Å². The van der Waals surface area contributed by atoms with Crippen molar-refractivity contribution in [2.45, 2.75) is 0 Å². The summed E-state index contributed by atoms with van der Waals surface area (Å²) in [4.78, 5) is 12.3. The van der Waals surface area contributed by atoms with Crippen molar-refractivity contribution in [1.82, 2.24) is 0 Å². The Balaban J connectivity index is 2.46. The lowest BCUT2D eigenvalue weighted by molar-refractivity contribution is 0.103. The first kappa shape index (κ1) is 15.8. The second kappa shape index (κ2) is 7.40. The monoisotopic (exact) mass is 300 g/mol. The Labute approximate surface area is 133 Å². The van der Waals surface area contributed by atoms with Crippen LogP contribution in [0.25, 0.3) is 5.76 Å². The van der Waals surface area contributed by atoms with Gasteiger partial charge in [-0.05, 0) is 6.08 Å². The molecule has 1 N–H and O–H groups in total. The molecule has 4 nitrogen and oxygen atoms in total. The minimum atomic E-state index is -0.498. The van der Waals surface area contributed by atoms with Crippen molar-refractivity contribution in [3.8, 4) is 12.1 Å². The van der Waals surface area contributed by atoms with Gasteiger partial charge in [0, 0.05) is 11.1 Å². The van der Waals surface area contributed by atoms with Crippen LogP contribution in [-0.2, 0) is 0 Å². The number of hydrogen-bond acceptors (Lipinski definition) is 4. The first-order valence-corrected chi connectivity index (χ1v) is 6.77. The zero-order valence-electron chi connectivity index (χ0n) is 12.1. The van der Waals surface area contributed by atoms with Crippen LogP contribution in [0.1, 0.15) is 15.9 Å². The summed E-state index contributed by atoms with van der Waals surface area (Å²) < 4.78 is 0. The van der Waals surface area contributed by atoms with E-state index in [2.05, 4.69) is 0 Å². The molecule has 0 amide bonds. The van der Waals surface area contributed by atoms with E-state index in [1.54, 1.807) is 66.7 Å².